The summed E-state index contributed by atoms with van der Waals surface area (Å²) in [7, 11) is 4.80. The summed E-state index contributed by atoms with van der Waals surface area (Å²) < 4.78 is 22.1. The lowest BCUT2D eigenvalue weighted by atomic mass is 10.0. The van der Waals surface area contributed by atoms with Crippen molar-refractivity contribution in [3.63, 3.8) is 0 Å². The molecular formula is C24H25N3O5. The predicted octanol–water partition coefficient (Wildman–Crippen LogP) is 3.16. The molecule has 0 saturated heterocycles. The number of ether oxygens (including phenoxy) is 2. The van der Waals surface area contributed by atoms with Gasteiger partial charge in [0.05, 0.1) is 47.8 Å². The quantitative estimate of drug-likeness (QED) is 0.494. The highest BCUT2D eigenvalue weighted by atomic mass is 16.5. The molecule has 0 unspecified atom stereocenters. The molecule has 0 aliphatic carbocycles. The van der Waals surface area contributed by atoms with Crippen molar-refractivity contribution in [3.8, 4) is 17.0 Å². The second-order valence-electron chi connectivity index (χ2n) is 8.75. The zero-order valence-corrected chi connectivity index (χ0v) is 18.7. The zero-order valence-electron chi connectivity index (χ0n) is 18.7. The highest BCUT2D eigenvalue weighted by Crippen LogP contribution is 2.45. The molecule has 0 bridgehead atoms. The van der Waals surface area contributed by atoms with Crippen molar-refractivity contribution < 1.29 is 13.9 Å². The van der Waals surface area contributed by atoms with Crippen molar-refractivity contribution in [2.45, 2.75) is 25.5 Å². The fraction of sp³-hybridized carbons (Fsp3) is 0.333. The number of hydrogen-bond donors (Lipinski definition) is 0. The highest BCUT2D eigenvalue weighted by Gasteiger charge is 2.41. The number of fused-ring (bicyclic) bond motifs is 3. The van der Waals surface area contributed by atoms with Gasteiger partial charge < -0.3 is 18.5 Å². The van der Waals surface area contributed by atoms with Crippen LogP contribution in [0.1, 0.15) is 31.4 Å². The first-order valence-corrected chi connectivity index (χ1v) is 10.4. The highest BCUT2D eigenvalue weighted by molar-refractivity contribution is 5.96. The first kappa shape index (κ1) is 20.4. The summed E-state index contributed by atoms with van der Waals surface area (Å²) in [5.41, 5.74) is 1.67. The standard InChI is InChI=1S/C24H25N3O5/c1-24(2)13-32-21(16-7-6-12-31-16)20-19-17(22(28)26(4)23(29)25(19)3)18(27(20)24)14-8-10-15(30-5)11-9-14/h6-12,21H,13H2,1-5H3/t21-/m0/s1. The van der Waals surface area contributed by atoms with Crippen LogP contribution in [0, 0.1) is 0 Å². The van der Waals surface area contributed by atoms with Crippen molar-refractivity contribution in [2.24, 2.45) is 14.1 Å². The lowest BCUT2D eigenvalue weighted by Crippen LogP contribution is -2.40. The van der Waals surface area contributed by atoms with Crippen LogP contribution in [0.15, 0.2) is 56.7 Å². The minimum atomic E-state index is -0.551. The Kier molecular flexibility index (Phi) is 4.46. The summed E-state index contributed by atoms with van der Waals surface area (Å²) in [6, 6.07) is 11.2. The fourth-order valence-corrected chi connectivity index (χ4v) is 4.68. The number of methoxy groups -OCH3 is 1. The van der Waals surface area contributed by atoms with Crippen molar-refractivity contribution in [1.29, 1.82) is 0 Å². The minimum absolute atomic E-state index is 0.343. The van der Waals surface area contributed by atoms with Crippen LogP contribution in [-0.2, 0) is 24.4 Å². The second-order valence-corrected chi connectivity index (χ2v) is 8.75. The molecule has 0 N–H and O–H groups in total. The van der Waals surface area contributed by atoms with Crippen LogP contribution in [-0.4, -0.2) is 27.4 Å². The van der Waals surface area contributed by atoms with Crippen LogP contribution in [0.4, 0.5) is 0 Å². The van der Waals surface area contributed by atoms with Crippen molar-refractivity contribution in [3.05, 3.63) is 75.0 Å². The number of furan rings is 1. The van der Waals surface area contributed by atoms with Gasteiger partial charge in [0.15, 0.2) is 6.10 Å². The molecular weight excluding hydrogens is 410 g/mol. The van der Waals surface area contributed by atoms with Gasteiger partial charge in [-0.2, -0.15) is 0 Å². The van der Waals surface area contributed by atoms with Gasteiger partial charge in [0.1, 0.15) is 11.5 Å². The molecule has 1 atom stereocenters. The number of hydrogen-bond acceptors (Lipinski definition) is 5. The number of aryl methyl sites for hydroxylation is 1. The first-order chi connectivity index (χ1) is 15.3. The van der Waals surface area contributed by atoms with Gasteiger partial charge >= 0.3 is 5.69 Å². The largest absolute Gasteiger partial charge is 0.497 e. The number of nitrogens with zero attached hydrogens (tertiary/aromatic N) is 3. The molecule has 1 aromatic carbocycles. The maximum absolute atomic E-state index is 13.5. The summed E-state index contributed by atoms with van der Waals surface area (Å²) in [5, 5.41) is 0.477. The van der Waals surface area contributed by atoms with E-state index in [1.165, 1.54) is 11.6 Å². The average Bonchev–Trinajstić information content (AvgIpc) is 3.44. The lowest BCUT2D eigenvalue weighted by molar-refractivity contribution is -0.0164. The Morgan fingerprint density at radius 3 is 2.41 bits per heavy atom. The third-order valence-corrected chi connectivity index (χ3v) is 6.23. The van der Waals surface area contributed by atoms with Gasteiger partial charge in [0.2, 0.25) is 0 Å². The molecule has 166 valence electrons. The molecule has 0 saturated carbocycles. The normalized spacial score (nSPS) is 17.5. The van der Waals surface area contributed by atoms with Gasteiger partial charge in [-0.15, -0.1) is 0 Å². The molecule has 32 heavy (non-hydrogen) atoms. The SMILES string of the molecule is COc1ccc(-c2c3c(=O)n(C)c(=O)n(C)c3c3n2C(C)(C)CO[C@H]3c2ccco2)cc1. The molecule has 1 aliphatic rings. The number of aromatic nitrogens is 3. The van der Waals surface area contributed by atoms with Gasteiger partial charge in [0.25, 0.3) is 5.56 Å². The third-order valence-electron chi connectivity index (χ3n) is 6.23. The van der Waals surface area contributed by atoms with Crippen LogP contribution >= 0.6 is 0 Å². The molecule has 8 heteroatoms. The van der Waals surface area contributed by atoms with Crippen molar-refractivity contribution in [2.75, 3.05) is 13.7 Å². The maximum Gasteiger partial charge on any atom is 0.331 e. The fourth-order valence-electron chi connectivity index (χ4n) is 4.68. The number of benzene rings is 1. The molecule has 5 rings (SSSR count). The summed E-state index contributed by atoms with van der Waals surface area (Å²) in [6.07, 6.45) is 1.04. The van der Waals surface area contributed by atoms with E-state index in [0.717, 1.165) is 27.3 Å². The lowest BCUT2D eigenvalue weighted by Gasteiger charge is -2.38. The minimum Gasteiger partial charge on any atom is -0.497 e. The molecule has 1 aliphatic heterocycles. The summed E-state index contributed by atoms with van der Waals surface area (Å²) >= 11 is 0. The van der Waals surface area contributed by atoms with E-state index in [0.29, 0.717) is 23.3 Å². The van der Waals surface area contributed by atoms with Crippen LogP contribution in [0.25, 0.3) is 22.2 Å². The first-order valence-electron chi connectivity index (χ1n) is 10.4. The van der Waals surface area contributed by atoms with E-state index >= 15 is 0 Å². The Labute approximate surface area is 184 Å². The van der Waals surface area contributed by atoms with E-state index in [9.17, 15) is 9.59 Å². The van der Waals surface area contributed by atoms with Crippen LogP contribution in [0.5, 0.6) is 5.75 Å². The topological polar surface area (TPSA) is 80.5 Å². The van der Waals surface area contributed by atoms with E-state index < -0.39 is 17.3 Å². The predicted molar refractivity (Wildman–Crippen MR) is 120 cm³/mol. The molecule has 0 spiro atoms. The van der Waals surface area contributed by atoms with Crippen LogP contribution < -0.4 is 16.0 Å². The maximum atomic E-state index is 13.5. The Morgan fingerprint density at radius 2 is 1.78 bits per heavy atom. The van der Waals surface area contributed by atoms with E-state index in [2.05, 4.69) is 18.4 Å². The van der Waals surface area contributed by atoms with E-state index in [4.69, 9.17) is 13.9 Å². The molecule has 4 heterocycles. The Balaban J connectivity index is 2.00. The van der Waals surface area contributed by atoms with Crippen molar-refractivity contribution in [1.82, 2.24) is 13.7 Å². The van der Waals surface area contributed by atoms with E-state index in [1.54, 1.807) is 26.5 Å². The molecule has 0 radical (unpaired) electrons. The van der Waals surface area contributed by atoms with Gasteiger partial charge in [-0.1, -0.05) is 0 Å². The molecule has 4 aromatic rings. The summed E-state index contributed by atoms with van der Waals surface area (Å²) in [4.78, 5) is 26.4. The second kappa shape index (κ2) is 7.00. The molecule has 0 fully saturated rings. The third kappa shape index (κ3) is 2.72. The molecule has 3 aromatic heterocycles. The van der Waals surface area contributed by atoms with Crippen molar-refractivity contribution >= 4 is 10.9 Å². The Morgan fingerprint density at radius 1 is 1.06 bits per heavy atom. The van der Waals surface area contributed by atoms with Crippen LogP contribution in [0.3, 0.4) is 0 Å². The van der Waals surface area contributed by atoms with E-state index in [-0.39, 0.29) is 5.56 Å². The van der Waals surface area contributed by atoms with Gasteiger partial charge in [0, 0.05) is 14.1 Å². The molecule has 0 amide bonds. The average molecular weight is 435 g/mol. The Bertz CT molecular complexity index is 1440. The molecule has 8 nitrogen and oxygen atoms in total. The Hall–Kier alpha value is -3.52. The van der Waals surface area contributed by atoms with Gasteiger partial charge in [-0.3, -0.25) is 13.9 Å². The summed E-state index contributed by atoms with van der Waals surface area (Å²) in [6.45, 7) is 4.52. The van der Waals surface area contributed by atoms with Gasteiger partial charge in [-0.25, -0.2) is 4.79 Å². The van der Waals surface area contributed by atoms with E-state index in [1.807, 2.05) is 30.3 Å². The summed E-state index contributed by atoms with van der Waals surface area (Å²) in [5.74, 6) is 1.34. The van der Waals surface area contributed by atoms with Crippen LogP contribution in [0.2, 0.25) is 0 Å². The zero-order chi connectivity index (χ0) is 22.8. The van der Waals surface area contributed by atoms with Gasteiger partial charge in [-0.05, 0) is 55.8 Å². The number of rotatable bonds is 3. The monoisotopic (exact) mass is 435 g/mol. The smallest absolute Gasteiger partial charge is 0.331 e.